The van der Waals surface area contributed by atoms with Crippen molar-refractivity contribution in [3.8, 4) is 5.69 Å². The second kappa shape index (κ2) is 7.15. The van der Waals surface area contributed by atoms with Crippen molar-refractivity contribution in [2.45, 2.75) is 6.92 Å². The maximum atomic E-state index is 12.3. The van der Waals surface area contributed by atoms with E-state index >= 15 is 0 Å². The number of carbonyl (C=O) groups excluding carboxylic acids is 3. The number of urea groups is 1. The quantitative estimate of drug-likeness (QED) is 0.701. The summed E-state index contributed by atoms with van der Waals surface area (Å²) in [4.78, 5) is 41.3. The minimum absolute atomic E-state index is 0.275. The van der Waals surface area contributed by atoms with Gasteiger partial charge in [-0.2, -0.15) is 0 Å². The Hall–Kier alpha value is -3.68. The lowest BCUT2D eigenvalue weighted by molar-refractivity contribution is -0.130. The summed E-state index contributed by atoms with van der Waals surface area (Å²) in [5.74, 6) is -0.391. The molecule has 3 aromatic rings. The van der Waals surface area contributed by atoms with Crippen LogP contribution < -0.4 is 5.32 Å². The summed E-state index contributed by atoms with van der Waals surface area (Å²) in [6, 6.07) is 14.4. The second-order valence-corrected chi connectivity index (χ2v) is 6.39. The molecule has 1 fully saturated rings. The summed E-state index contributed by atoms with van der Waals surface area (Å²) < 4.78 is 7.08. The minimum Gasteiger partial charge on any atom is -0.452 e. The van der Waals surface area contributed by atoms with Crippen LogP contribution >= 0.6 is 0 Å². The molecular weight excluding hydrogens is 360 g/mol. The first kappa shape index (κ1) is 17.7. The van der Waals surface area contributed by atoms with Crippen LogP contribution in [0.3, 0.4) is 0 Å². The van der Waals surface area contributed by atoms with Crippen molar-refractivity contribution in [3.05, 3.63) is 59.9 Å². The van der Waals surface area contributed by atoms with Crippen LogP contribution in [-0.4, -0.2) is 52.1 Å². The van der Waals surface area contributed by atoms with Gasteiger partial charge in [0.25, 0.3) is 5.91 Å². The first-order valence-corrected chi connectivity index (χ1v) is 8.84. The van der Waals surface area contributed by atoms with Crippen molar-refractivity contribution in [2.75, 3.05) is 19.7 Å². The predicted octanol–water partition coefficient (Wildman–Crippen LogP) is 2.04. The molecule has 0 atom stereocenters. The molecule has 0 spiro atoms. The van der Waals surface area contributed by atoms with Gasteiger partial charge in [-0.3, -0.25) is 14.3 Å². The number of nitrogens with one attached hydrogen (secondary N) is 1. The largest absolute Gasteiger partial charge is 0.452 e. The van der Waals surface area contributed by atoms with E-state index in [1.807, 2.05) is 41.8 Å². The Labute approximate surface area is 160 Å². The number of ether oxygens (including phenoxy) is 1. The maximum Gasteiger partial charge on any atom is 0.338 e. The fourth-order valence-electron chi connectivity index (χ4n) is 3.23. The molecular formula is C20H18N4O4. The number of rotatable bonds is 4. The van der Waals surface area contributed by atoms with Gasteiger partial charge in [-0.1, -0.05) is 18.2 Å². The number of benzene rings is 2. The number of hydrogen-bond acceptors (Lipinski definition) is 5. The van der Waals surface area contributed by atoms with E-state index in [0.717, 1.165) is 21.9 Å². The summed E-state index contributed by atoms with van der Waals surface area (Å²) in [6.07, 6.45) is 0. The molecule has 1 saturated heterocycles. The summed E-state index contributed by atoms with van der Waals surface area (Å²) in [7, 11) is 0. The van der Waals surface area contributed by atoms with Gasteiger partial charge in [-0.15, -0.1) is 0 Å². The van der Waals surface area contributed by atoms with Crippen molar-refractivity contribution in [3.63, 3.8) is 0 Å². The van der Waals surface area contributed by atoms with Crippen molar-refractivity contribution >= 4 is 28.9 Å². The first-order valence-electron chi connectivity index (χ1n) is 8.84. The van der Waals surface area contributed by atoms with E-state index in [0.29, 0.717) is 17.6 Å². The van der Waals surface area contributed by atoms with E-state index in [-0.39, 0.29) is 6.54 Å². The molecule has 2 aromatic carbocycles. The molecule has 8 nitrogen and oxygen atoms in total. The van der Waals surface area contributed by atoms with E-state index < -0.39 is 24.5 Å². The molecule has 0 bridgehead atoms. The van der Waals surface area contributed by atoms with Gasteiger partial charge in [0, 0.05) is 18.8 Å². The van der Waals surface area contributed by atoms with Gasteiger partial charge in [0.2, 0.25) is 0 Å². The van der Waals surface area contributed by atoms with Crippen LogP contribution in [-0.2, 0) is 9.53 Å². The second-order valence-electron chi connectivity index (χ2n) is 6.39. The van der Waals surface area contributed by atoms with Crippen molar-refractivity contribution in [2.24, 2.45) is 0 Å². The maximum absolute atomic E-state index is 12.3. The molecule has 3 amide bonds. The lowest BCUT2D eigenvalue weighted by atomic mass is 10.2. The normalized spacial score (nSPS) is 13.6. The topological polar surface area (TPSA) is 93.5 Å². The van der Waals surface area contributed by atoms with Crippen molar-refractivity contribution < 1.29 is 19.1 Å². The van der Waals surface area contributed by atoms with Gasteiger partial charge in [0.15, 0.2) is 6.61 Å². The Balaban J connectivity index is 1.52. The van der Waals surface area contributed by atoms with Gasteiger partial charge in [-0.05, 0) is 37.3 Å². The number of carbonyl (C=O) groups is 3. The van der Waals surface area contributed by atoms with Crippen molar-refractivity contribution in [1.29, 1.82) is 0 Å². The zero-order chi connectivity index (χ0) is 19.7. The number of hydrogen-bond donors (Lipinski definition) is 1. The number of imidazole rings is 1. The van der Waals surface area contributed by atoms with E-state index in [2.05, 4.69) is 10.3 Å². The Morgan fingerprint density at radius 3 is 2.68 bits per heavy atom. The molecule has 1 N–H and O–H groups in total. The van der Waals surface area contributed by atoms with Crippen LogP contribution in [0.1, 0.15) is 16.2 Å². The molecule has 1 aromatic heterocycles. The number of aromatic nitrogens is 2. The lowest BCUT2D eigenvalue weighted by Crippen LogP contribution is -2.37. The number of para-hydroxylation sites is 1. The monoisotopic (exact) mass is 378 g/mol. The van der Waals surface area contributed by atoms with Gasteiger partial charge in [0.1, 0.15) is 5.82 Å². The summed E-state index contributed by atoms with van der Waals surface area (Å²) in [6.45, 7) is 2.09. The van der Waals surface area contributed by atoms with Gasteiger partial charge in [0.05, 0.1) is 16.6 Å². The standard InChI is InChI=1S/C20H18N4O4/c1-13-22-16-11-14(7-8-17(16)24(13)15-5-3-2-4-6-15)19(26)28-12-18(25)23-10-9-21-20(23)27/h2-8,11H,9-10,12H2,1H3,(H,21,27). The first-order chi connectivity index (χ1) is 13.5. The molecule has 0 unspecified atom stereocenters. The molecule has 0 saturated carbocycles. The van der Waals surface area contributed by atoms with Crippen LogP contribution in [0.25, 0.3) is 16.7 Å². The third-order valence-electron chi connectivity index (χ3n) is 4.56. The van der Waals surface area contributed by atoms with E-state index in [9.17, 15) is 14.4 Å². The number of esters is 1. The number of amides is 3. The molecule has 2 heterocycles. The zero-order valence-electron chi connectivity index (χ0n) is 15.2. The smallest absolute Gasteiger partial charge is 0.338 e. The summed E-state index contributed by atoms with van der Waals surface area (Å²) >= 11 is 0. The van der Waals surface area contributed by atoms with E-state index in [1.165, 1.54) is 0 Å². The Morgan fingerprint density at radius 1 is 1.18 bits per heavy atom. The Morgan fingerprint density at radius 2 is 1.96 bits per heavy atom. The number of nitrogens with zero attached hydrogens (tertiary/aromatic N) is 3. The molecule has 28 heavy (non-hydrogen) atoms. The molecule has 8 heteroatoms. The molecule has 1 aliphatic heterocycles. The molecule has 1 aliphatic rings. The molecule has 4 rings (SSSR count). The Bertz CT molecular complexity index is 1070. The number of imide groups is 1. The summed E-state index contributed by atoms with van der Waals surface area (Å²) in [5, 5.41) is 2.53. The molecule has 0 aliphatic carbocycles. The Kier molecular flexibility index (Phi) is 4.52. The predicted molar refractivity (Wildman–Crippen MR) is 101 cm³/mol. The highest BCUT2D eigenvalue weighted by Crippen LogP contribution is 2.22. The minimum atomic E-state index is -0.637. The van der Waals surface area contributed by atoms with Crippen LogP contribution in [0, 0.1) is 6.92 Å². The number of aryl methyl sites for hydroxylation is 1. The fourth-order valence-corrected chi connectivity index (χ4v) is 3.23. The van der Waals surface area contributed by atoms with Crippen LogP contribution in [0.2, 0.25) is 0 Å². The highest BCUT2D eigenvalue weighted by atomic mass is 16.5. The summed E-state index contributed by atoms with van der Waals surface area (Å²) in [5.41, 5.74) is 2.79. The van der Waals surface area contributed by atoms with E-state index in [4.69, 9.17) is 4.74 Å². The average Bonchev–Trinajstić information content (AvgIpc) is 3.28. The lowest BCUT2D eigenvalue weighted by Gasteiger charge is -2.12. The van der Waals surface area contributed by atoms with Gasteiger partial charge >= 0.3 is 12.0 Å². The van der Waals surface area contributed by atoms with Crippen LogP contribution in [0.4, 0.5) is 4.79 Å². The third-order valence-corrected chi connectivity index (χ3v) is 4.56. The molecule has 0 radical (unpaired) electrons. The SMILES string of the molecule is Cc1nc2cc(C(=O)OCC(=O)N3CCNC3=O)ccc2n1-c1ccccc1. The van der Waals surface area contributed by atoms with Gasteiger partial charge < -0.3 is 10.1 Å². The highest BCUT2D eigenvalue weighted by Gasteiger charge is 2.27. The highest BCUT2D eigenvalue weighted by molar-refractivity contribution is 5.99. The van der Waals surface area contributed by atoms with Crippen LogP contribution in [0.5, 0.6) is 0 Å². The van der Waals surface area contributed by atoms with E-state index in [1.54, 1.807) is 18.2 Å². The van der Waals surface area contributed by atoms with Crippen molar-refractivity contribution in [1.82, 2.24) is 19.8 Å². The number of fused-ring (bicyclic) bond motifs is 1. The van der Waals surface area contributed by atoms with Crippen LogP contribution in [0.15, 0.2) is 48.5 Å². The zero-order valence-corrected chi connectivity index (χ0v) is 15.2. The van der Waals surface area contributed by atoms with Gasteiger partial charge in [-0.25, -0.2) is 14.6 Å². The molecule has 142 valence electrons. The average molecular weight is 378 g/mol. The fraction of sp³-hybridized carbons (Fsp3) is 0.200. The third kappa shape index (κ3) is 3.20.